The van der Waals surface area contributed by atoms with Gasteiger partial charge in [0.1, 0.15) is 18.5 Å². The van der Waals surface area contributed by atoms with Crippen LogP contribution in [0.15, 0.2) is 61.2 Å². The first-order chi connectivity index (χ1) is 12.2. The third-order valence-corrected chi connectivity index (χ3v) is 4.56. The van der Waals surface area contributed by atoms with Crippen molar-refractivity contribution >= 4 is 11.0 Å². The number of fused-ring (bicyclic) bond motifs is 1. The van der Waals surface area contributed by atoms with Gasteiger partial charge < -0.3 is 4.98 Å². The minimum absolute atomic E-state index is 0.276. The Kier molecular flexibility index (Phi) is 4.03. The van der Waals surface area contributed by atoms with Crippen LogP contribution in [0.1, 0.15) is 24.4 Å². The highest BCUT2D eigenvalue weighted by molar-refractivity contribution is 5.74. The van der Waals surface area contributed by atoms with E-state index in [0.29, 0.717) is 0 Å². The lowest BCUT2D eigenvalue weighted by Gasteiger charge is -2.24. The SMILES string of the molecule is CC(c1ccc(-n2cncn2)cc1)N(C)Cc1nc2ccccc2[nH]1. The van der Waals surface area contributed by atoms with Crippen LogP contribution in [0.3, 0.4) is 0 Å². The van der Waals surface area contributed by atoms with Gasteiger partial charge in [0.05, 0.1) is 23.3 Å². The smallest absolute Gasteiger partial charge is 0.138 e. The van der Waals surface area contributed by atoms with Crippen LogP contribution in [-0.4, -0.2) is 36.7 Å². The Morgan fingerprint density at radius 1 is 1.12 bits per heavy atom. The predicted molar refractivity (Wildman–Crippen MR) is 97.3 cm³/mol. The van der Waals surface area contributed by atoms with Gasteiger partial charge >= 0.3 is 0 Å². The summed E-state index contributed by atoms with van der Waals surface area (Å²) in [5.74, 6) is 0.981. The average molecular weight is 332 g/mol. The van der Waals surface area contributed by atoms with Crippen molar-refractivity contribution in [3.05, 3.63) is 72.6 Å². The molecule has 0 aliphatic heterocycles. The summed E-state index contributed by atoms with van der Waals surface area (Å²) in [4.78, 5) is 14.3. The molecule has 6 nitrogen and oxygen atoms in total. The first kappa shape index (κ1) is 15.5. The fourth-order valence-electron chi connectivity index (χ4n) is 2.96. The normalized spacial score (nSPS) is 12.8. The van der Waals surface area contributed by atoms with Gasteiger partial charge in [-0.1, -0.05) is 24.3 Å². The van der Waals surface area contributed by atoms with Crippen molar-refractivity contribution in [1.82, 2.24) is 29.6 Å². The second kappa shape index (κ2) is 6.49. The Hall–Kier alpha value is -2.99. The van der Waals surface area contributed by atoms with Crippen molar-refractivity contribution < 1.29 is 0 Å². The maximum absolute atomic E-state index is 4.66. The van der Waals surface area contributed by atoms with E-state index >= 15 is 0 Å². The zero-order valence-corrected chi connectivity index (χ0v) is 14.3. The molecule has 2 aromatic carbocycles. The number of benzene rings is 2. The topological polar surface area (TPSA) is 62.6 Å². The van der Waals surface area contributed by atoms with Gasteiger partial charge in [0, 0.05) is 6.04 Å². The number of hydrogen-bond donors (Lipinski definition) is 1. The van der Waals surface area contributed by atoms with Crippen molar-refractivity contribution in [2.24, 2.45) is 0 Å². The molecule has 0 aliphatic rings. The summed E-state index contributed by atoms with van der Waals surface area (Å²) in [7, 11) is 2.11. The molecule has 0 saturated carbocycles. The maximum Gasteiger partial charge on any atom is 0.138 e. The van der Waals surface area contributed by atoms with Crippen molar-refractivity contribution in [3.8, 4) is 5.69 Å². The van der Waals surface area contributed by atoms with E-state index in [0.717, 1.165) is 29.1 Å². The Labute approximate surface area is 146 Å². The van der Waals surface area contributed by atoms with Crippen molar-refractivity contribution in [1.29, 1.82) is 0 Å². The Bertz CT molecular complexity index is 922. The highest BCUT2D eigenvalue weighted by atomic mass is 15.3. The average Bonchev–Trinajstić information content (AvgIpc) is 3.30. The summed E-state index contributed by atoms with van der Waals surface area (Å²) >= 11 is 0. The van der Waals surface area contributed by atoms with E-state index in [1.165, 1.54) is 11.9 Å². The summed E-state index contributed by atoms with van der Waals surface area (Å²) < 4.78 is 1.76. The quantitative estimate of drug-likeness (QED) is 0.609. The van der Waals surface area contributed by atoms with Gasteiger partial charge in [0.15, 0.2) is 0 Å². The fourth-order valence-corrected chi connectivity index (χ4v) is 2.96. The molecule has 25 heavy (non-hydrogen) atoms. The molecule has 0 bridgehead atoms. The number of H-pyrrole nitrogens is 1. The van der Waals surface area contributed by atoms with E-state index in [4.69, 9.17) is 0 Å². The van der Waals surface area contributed by atoms with Gasteiger partial charge in [0.2, 0.25) is 0 Å². The van der Waals surface area contributed by atoms with Gasteiger partial charge in [-0.2, -0.15) is 5.10 Å². The summed E-state index contributed by atoms with van der Waals surface area (Å²) in [6, 6.07) is 16.8. The van der Waals surface area contributed by atoms with Crippen LogP contribution in [-0.2, 0) is 6.54 Å². The minimum Gasteiger partial charge on any atom is -0.341 e. The van der Waals surface area contributed by atoms with E-state index in [9.17, 15) is 0 Å². The zero-order valence-electron chi connectivity index (χ0n) is 14.3. The molecule has 0 saturated heterocycles. The molecule has 1 N–H and O–H groups in total. The molecule has 0 aliphatic carbocycles. The van der Waals surface area contributed by atoms with E-state index < -0.39 is 0 Å². The number of hydrogen-bond acceptors (Lipinski definition) is 4. The molecule has 4 aromatic rings. The number of aromatic amines is 1. The van der Waals surface area contributed by atoms with E-state index in [-0.39, 0.29) is 6.04 Å². The van der Waals surface area contributed by atoms with Crippen LogP contribution in [0.5, 0.6) is 0 Å². The van der Waals surface area contributed by atoms with Crippen molar-refractivity contribution in [3.63, 3.8) is 0 Å². The first-order valence-corrected chi connectivity index (χ1v) is 8.29. The van der Waals surface area contributed by atoms with Crippen LogP contribution in [0.25, 0.3) is 16.7 Å². The van der Waals surface area contributed by atoms with Crippen LogP contribution in [0, 0.1) is 0 Å². The number of rotatable bonds is 5. The zero-order chi connectivity index (χ0) is 17.2. The van der Waals surface area contributed by atoms with Gasteiger partial charge in [-0.3, -0.25) is 4.90 Å². The highest BCUT2D eigenvalue weighted by Gasteiger charge is 2.14. The molecular weight excluding hydrogens is 312 g/mol. The molecule has 4 rings (SSSR count). The number of para-hydroxylation sites is 2. The first-order valence-electron chi connectivity index (χ1n) is 8.29. The fraction of sp³-hybridized carbons (Fsp3) is 0.211. The summed E-state index contributed by atoms with van der Waals surface area (Å²) in [5.41, 5.74) is 4.35. The summed E-state index contributed by atoms with van der Waals surface area (Å²) in [6.45, 7) is 2.97. The molecule has 1 unspecified atom stereocenters. The largest absolute Gasteiger partial charge is 0.341 e. The van der Waals surface area contributed by atoms with Gasteiger partial charge in [-0.05, 0) is 43.8 Å². The number of nitrogens with zero attached hydrogens (tertiary/aromatic N) is 5. The maximum atomic E-state index is 4.66. The van der Waals surface area contributed by atoms with Gasteiger partial charge in [-0.25, -0.2) is 14.6 Å². The van der Waals surface area contributed by atoms with E-state index in [1.807, 2.05) is 18.2 Å². The van der Waals surface area contributed by atoms with Gasteiger partial charge in [0.25, 0.3) is 0 Å². The molecule has 0 fully saturated rings. The van der Waals surface area contributed by atoms with Crippen LogP contribution >= 0.6 is 0 Å². The molecule has 0 amide bonds. The number of aromatic nitrogens is 5. The van der Waals surface area contributed by atoms with Crippen LogP contribution < -0.4 is 0 Å². The standard InChI is InChI=1S/C19H20N6/c1-14(15-7-9-16(10-8-15)25-13-20-12-21-25)24(2)11-19-22-17-5-3-4-6-18(17)23-19/h3-10,12-14H,11H2,1-2H3,(H,22,23). The second-order valence-electron chi connectivity index (χ2n) is 6.22. The number of nitrogens with one attached hydrogen (secondary N) is 1. The van der Waals surface area contributed by atoms with Crippen LogP contribution in [0.2, 0.25) is 0 Å². The van der Waals surface area contributed by atoms with Gasteiger partial charge in [-0.15, -0.1) is 0 Å². The Balaban J connectivity index is 1.48. The molecule has 2 aromatic heterocycles. The lowest BCUT2D eigenvalue weighted by Crippen LogP contribution is -2.22. The third kappa shape index (κ3) is 3.16. The van der Waals surface area contributed by atoms with E-state index in [2.05, 4.69) is 69.3 Å². The molecular formula is C19H20N6. The molecule has 0 radical (unpaired) electrons. The van der Waals surface area contributed by atoms with Crippen LogP contribution in [0.4, 0.5) is 0 Å². The summed E-state index contributed by atoms with van der Waals surface area (Å²) in [5, 5.41) is 4.16. The lowest BCUT2D eigenvalue weighted by atomic mass is 10.1. The van der Waals surface area contributed by atoms with Crippen molar-refractivity contribution in [2.45, 2.75) is 19.5 Å². The Morgan fingerprint density at radius 2 is 1.92 bits per heavy atom. The van der Waals surface area contributed by atoms with Crippen molar-refractivity contribution in [2.75, 3.05) is 7.05 Å². The third-order valence-electron chi connectivity index (χ3n) is 4.56. The molecule has 2 heterocycles. The molecule has 126 valence electrons. The molecule has 6 heteroatoms. The number of imidazole rings is 1. The Morgan fingerprint density at radius 3 is 2.64 bits per heavy atom. The minimum atomic E-state index is 0.276. The lowest BCUT2D eigenvalue weighted by molar-refractivity contribution is 0.248. The molecule has 0 spiro atoms. The summed E-state index contributed by atoms with van der Waals surface area (Å²) in [6.07, 6.45) is 3.24. The highest BCUT2D eigenvalue weighted by Crippen LogP contribution is 2.22. The molecule has 1 atom stereocenters. The monoisotopic (exact) mass is 332 g/mol. The van der Waals surface area contributed by atoms with E-state index in [1.54, 1.807) is 11.0 Å². The second-order valence-corrected chi connectivity index (χ2v) is 6.22. The predicted octanol–water partition coefficient (Wildman–Crippen LogP) is 3.34.